The lowest BCUT2D eigenvalue weighted by Gasteiger charge is -2.29. The maximum Gasteiger partial charge on any atom is 0.109 e. The van der Waals surface area contributed by atoms with Crippen LogP contribution < -0.4 is 5.73 Å². The lowest BCUT2D eigenvalue weighted by Crippen LogP contribution is -2.18. The minimum Gasteiger partial charge on any atom is -0.402 e. The molecule has 0 fully saturated rings. The second-order valence-corrected chi connectivity index (χ2v) is 12.8. The van der Waals surface area contributed by atoms with Gasteiger partial charge in [-0.3, -0.25) is 0 Å². The maximum atomic E-state index is 6.70. The van der Waals surface area contributed by atoms with E-state index in [1.807, 2.05) is 6.20 Å². The number of imidazole rings is 1. The normalized spacial score (nSPS) is 15.4. The molecule has 3 atom stereocenters. The van der Waals surface area contributed by atoms with Gasteiger partial charge in [0.15, 0.2) is 0 Å². The summed E-state index contributed by atoms with van der Waals surface area (Å²) in [6.07, 6.45) is 20.1. The Hall–Kier alpha value is -3.77. The van der Waals surface area contributed by atoms with Crippen molar-refractivity contribution in [3.63, 3.8) is 0 Å². The van der Waals surface area contributed by atoms with Crippen LogP contribution in [0.5, 0.6) is 0 Å². The fraction of sp³-hybridized carbons (Fsp3) is 0.439. The van der Waals surface area contributed by atoms with Crippen LogP contribution in [0.4, 0.5) is 0 Å². The lowest BCUT2D eigenvalue weighted by atomic mass is 9.76. The highest BCUT2D eigenvalue weighted by Crippen LogP contribution is 2.40. The van der Waals surface area contributed by atoms with Gasteiger partial charge in [0.1, 0.15) is 5.82 Å². The smallest absolute Gasteiger partial charge is 0.109 e. The van der Waals surface area contributed by atoms with Gasteiger partial charge in [-0.2, -0.15) is 0 Å². The van der Waals surface area contributed by atoms with E-state index in [1.54, 1.807) is 0 Å². The fourth-order valence-corrected chi connectivity index (χ4v) is 7.13. The van der Waals surface area contributed by atoms with E-state index in [1.165, 1.54) is 52.7 Å². The maximum absolute atomic E-state index is 6.70. The number of H-pyrrole nitrogens is 1. The van der Waals surface area contributed by atoms with E-state index in [0.717, 1.165) is 72.4 Å². The van der Waals surface area contributed by atoms with E-state index in [2.05, 4.69) is 101 Å². The molecule has 232 valence electrons. The van der Waals surface area contributed by atoms with Crippen LogP contribution in [0, 0.1) is 24.2 Å². The number of nitrogens with one attached hydrogen (secondary N) is 1. The van der Waals surface area contributed by atoms with Crippen molar-refractivity contribution < 1.29 is 0 Å². The Morgan fingerprint density at radius 2 is 1.77 bits per heavy atom. The highest BCUT2D eigenvalue weighted by Gasteiger charge is 2.26. The monoisotopic (exact) mass is 587 g/mol. The van der Waals surface area contributed by atoms with Crippen LogP contribution in [-0.4, -0.2) is 9.97 Å². The summed E-state index contributed by atoms with van der Waals surface area (Å²) in [5, 5.41) is 0. The molecule has 1 heterocycles. The van der Waals surface area contributed by atoms with Gasteiger partial charge in [0.25, 0.3) is 0 Å². The molecule has 2 aromatic carbocycles. The minimum atomic E-state index is 0.310. The number of benzene rings is 2. The van der Waals surface area contributed by atoms with Crippen molar-refractivity contribution in [3.05, 3.63) is 94.1 Å². The average molecular weight is 588 g/mol. The topological polar surface area (TPSA) is 54.7 Å². The van der Waals surface area contributed by atoms with E-state index in [4.69, 9.17) is 17.1 Å². The van der Waals surface area contributed by atoms with Gasteiger partial charge in [0.05, 0.1) is 11.9 Å². The molecule has 1 aromatic heterocycles. The summed E-state index contributed by atoms with van der Waals surface area (Å²) in [6.45, 7) is 18.0. The Morgan fingerprint density at radius 3 is 2.41 bits per heavy atom. The standard InChI is InChI=1S/C41H53N3/c1-9-14-30(11-3)27(6)24-29(8)40-37-21-20-34(35(13-5)36(37)22-23-38(40)42)25-28(7)32-16-18-33(19-17-32)39-26-43-41(44-39)31(12-4)15-10-2/h5,16-21,25-26,29-31H,6,9-12,14-15,22-24,42H2,1-4,7-8H3,(H,43,44)/b28-25+. The summed E-state index contributed by atoms with van der Waals surface area (Å²) in [7, 11) is 0. The molecule has 0 amide bonds. The van der Waals surface area contributed by atoms with Gasteiger partial charge in [0, 0.05) is 17.2 Å². The van der Waals surface area contributed by atoms with Gasteiger partial charge in [-0.1, -0.05) is 108 Å². The molecule has 1 aliphatic carbocycles. The van der Waals surface area contributed by atoms with Gasteiger partial charge < -0.3 is 10.7 Å². The van der Waals surface area contributed by atoms with Crippen molar-refractivity contribution in [3.8, 4) is 23.6 Å². The molecule has 44 heavy (non-hydrogen) atoms. The van der Waals surface area contributed by atoms with E-state index in [0.29, 0.717) is 17.8 Å². The highest BCUT2D eigenvalue weighted by atomic mass is 14.9. The van der Waals surface area contributed by atoms with Gasteiger partial charge >= 0.3 is 0 Å². The molecule has 3 N–H and O–H groups in total. The first-order valence-electron chi connectivity index (χ1n) is 16.9. The number of nitrogens with two attached hydrogens (primary N) is 1. The Labute approximate surface area is 267 Å². The summed E-state index contributed by atoms with van der Waals surface area (Å²) in [5.41, 5.74) is 19.5. The number of hydrogen-bond acceptors (Lipinski definition) is 2. The van der Waals surface area contributed by atoms with Gasteiger partial charge in [-0.25, -0.2) is 4.98 Å². The molecule has 0 radical (unpaired) electrons. The third kappa shape index (κ3) is 7.29. The van der Waals surface area contributed by atoms with E-state index >= 15 is 0 Å². The predicted octanol–water partition coefficient (Wildman–Crippen LogP) is 10.9. The first kappa shape index (κ1) is 33.1. The van der Waals surface area contributed by atoms with Crippen LogP contribution >= 0.6 is 0 Å². The second-order valence-electron chi connectivity index (χ2n) is 12.8. The molecule has 0 spiro atoms. The molecule has 0 aliphatic heterocycles. The minimum absolute atomic E-state index is 0.310. The first-order chi connectivity index (χ1) is 21.3. The SMILES string of the molecule is C#Cc1c(/C=C(\C)c2ccc(-c3cnc(C(CC)CCC)[nH]3)cc2)ccc2c1CCC(N)=C2C(C)CC(=C)C(CC)CCC. The molecule has 0 bridgehead atoms. The van der Waals surface area contributed by atoms with Crippen molar-refractivity contribution in [2.24, 2.45) is 17.6 Å². The second kappa shape index (κ2) is 15.3. The average Bonchev–Trinajstić information content (AvgIpc) is 3.52. The zero-order chi connectivity index (χ0) is 31.8. The van der Waals surface area contributed by atoms with Crippen LogP contribution in [0.25, 0.3) is 28.5 Å². The molecule has 4 rings (SSSR count). The zero-order valence-electron chi connectivity index (χ0n) is 28.0. The summed E-state index contributed by atoms with van der Waals surface area (Å²) in [5.74, 6) is 5.53. The third-order valence-electron chi connectivity index (χ3n) is 9.67. The van der Waals surface area contributed by atoms with Gasteiger partial charge in [0.2, 0.25) is 0 Å². The van der Waals surface area contributed by atoms with E-state index in [9.17, 15) is 0 Å². The Morgan fingerprint density at radius 1 is 1.05 bits per heavy atom. The van der Waals surface area contributed by atoms with Crippen molar-refractivity contribution >= 4 is 17.2 Å². The van der Waals surface area contributed by atoms with E-state index in [-0.39, 0.29) is 0 Å². The quantitative estimate of drug-likeness (QED) is 0.112. The summed E-state index contributed by atoms with van der Waals surface area (Å²) >= 11 is 0. The van der Waals surface area contributed by atoms with Crippen molar-refractivity contribution in [1.29, 1.82) is 0 Å². The zero-order valence-corrected chi connectivity index (χ0v) is 28.0. The summed E-state index contributed by atoms with van der Waals surface area (Å²) < 4.78 is 0. The molecule has 0 saturated heterocycles. The Balaban J connectivity index is 1.58. The van der Waals surface area contributed by atoms with Crippen LogP contribution in [0.15, 0.2) is 60.4 Å². The van der Waals surface area contributed by atoms with Crippen molar-refractivity contribution in [1.82, 2.24) is 9.97 Å². The molecule has 3 unspecified atom stereocenters. The number of nitrogens with zero attached hydrogens (tertiary/aromatic N) is 1. The number of aromatic nitrogens is 2. The number of rotatable bonds is 14. The third-order valence-corrected chi connectivity index (χ3v) is 9.67. The molecule has 3 aromatic rings. The summed E-state index contributed by atoms with van der Waals surface area (Å²) in [6, 6.07) is 13.2. The molecule has 0 saturated carbocycles. The van der Waals surface area contributed by atoms with E-state index < -0.39 is 0 Å². The van der Waals surface area contributed by atoms with Crippen LogP contribution in [0.2, 0.25) is 0 Å². The molecule has 1 aliphatic rings. The number of aromatic amines is 1. The molecular formula is C41H53N3. The Bertz CT molecular complexity index is 1540. The Kier molecular flexibility index (Phi) is 11.5. The van der Waals surface area contributed by atoms with Crippen molar-refractivity contribution in [2.45, 2.75) is 105 Å². The number of hydrogen-bond donors (Lipinski definition) is 2. The molecular weight excluding hydrogens is 534 g/mol. The van der Waals surface area contributed by atoms with Crippen molar-refractivity contribution in [2.75, 3.05) is 0 Å². The number of allylic oxidation sites excluding steroid dienone is 4. The number of terminal acetylenes is 1. The largest absolute Gasteiger partial charge is 0.402 e. The lowest BCUT2D eigenvalue weighted by molar-refractivity contribution is 0.502. The highest BCUT2D eigenvalue weighted by molar-refractivity contribution is 5.85. The summed E-state index contributed by atoms with van der Waals surface area (Å²) in [4.78, 5) is 8.27. The van der Waals surface area contributed by atoms with Crippen LogP contribution in [0.1, 0.15) is 132 Å². The van der Waals surface area contributed by atoms with Crippen LogP contribution in [0.3, 0.4) is 0 Å². The molecule has 3 nitrogen and oxygen atoms in total. The van der Waals surface area contributed by atoms with Crippen LogP contribution in [-0.2, 0) is 6.42 Å². The first-order valence-corrected chi connectivity index (χ1v) is 16.9. The van der Waals surface area contributed by atoms with Gasteiger partial charge in [-0.05, 0) is 103 Å². The predicted molar refractivity (Wildman–Crippen MR) is 191 cm³/mol. The number of fused-ring (bicyclic) bond motifs is 1. The molecule has 3 heteroatoms. The fourth-order valence-electron chi connectivity index (χ4n) is 7.13. The van der Waals surface area contributed by atoms with Gasteiger partial charge in [-0.15, -0.1) is 6.42 Å².